The van der Waals surface area contributed by atoms with Crippen molar-refractivity contribution in [1.82, 2.24) is 0 Å². The largest absolute Gasteiger partial charge is 0.389 e. The van der Waals surface area contributed by atoms with E-state index in [4.69, 9.17) is 5.73 Å². The molecule has 0 saturated carbocycles. The molecule has 62 valence electrons. The van der Waals surface area contributed by atoms with Crippen LogP contribution in [0.4, 0.5) is 0 Å². The second-order valence-electron chi connectivity index (χ2n) is 4.50. The maximum Gasteiger partial charge on any atom is 0.0747 e. The number of hydrogen-bond acceptors (Lipinski definition) is 2. The van der Waals surface area contributed by atoms with Crippen LogP contribution in [0.3, 0.4) is 0 Å². The first-order chi connectivity index (χ1) is 4.15. The van der Waals surface area contributed by atoms with Gasteiger partial charge in [-0.1, -0.05) is 20.8 Å². The molecule has 0 saturated heterocycles. The van der Waals surface area contributed by atoms with Gasteiger partial charge in [-0.3, -0.25) is 0 Å². The Morgan fingerprint density at radius 2 is 1.40 bits per heavy atom. The molecule has 0 amide bonds. The zero-order valence-electron chi connectivity index (χ0n) is 7.60. The van der Waals surface area contributed by atoms with Gasteiger partial charge in [0.25, 0.3) is 0 Å². The second kappa shape index (κ2) is 2.51. The van der Waals surface area contributed by atoms with Crippen LogP contribution in [-0.4, -0.2) is 16.7 Å². The molecule has 0 rings (SSSR count). The lowest BCUT2D eigenvalue weighted by atomic mass is 9.79. The van der Waals surface area contributed by atoms with Crippen molar-refractivity contribution in [1.29, 1.82) is 0 Å². The molecule has 0 bridgehead atoms. The average molecular weight is 145 g/mol. The van der Waals surface area contributed by atoms with E-state index >= 15 is 0 Å². The number of hydrogen-bond donors (Lipinski definition) is 2. The number of nitrogens with two attached hydrogens (primary N) is 1. The Labute approximate surface area is 63.4 Å². The summed E-state index contributed by atoms with van der Waals surface area (Å²) in [5.74, 6) is 0. The fourth-order valence-electron chi connectivity index (χ4n) is 1.06. The topological polar surface area (TPSA) is 46.2 Å². The molecule has 0 radical (unpaired) electrons. The van der Waals surface area contributed by atoms with Crippen LogP contribution in [0.25, 0.3) is 0 Å². The standard InChI is InChI=1S/C8H19NO/c1-7(2,3)6(9)8(4,5)10/h6,10H,9H2,1-5H3. The van der Waals surface area contributed by atoms with Crippen LogP contribution in [0.1, 0.15) is 34.6 Å². The van der Waals surface area contributed by atoms with Crippen molar-refractivity contribution in [3.8, 4) is 0 Å². The lowest BCUT2D eigenvalue weighted by Crippen LogP contribution is -2.51. The summed E-state index contributed by atoms with van der Waals surface area (Å²) in [6.07, 6.45) is 0. The minimum absolute atomic E-state index is 0.0295. The van der Waals surface area contributed by atoms with Crippen LogP contribution in [0.15, 0.2) is 0 Å². The van der Waals surface area contributed by atoms with Crippen LogP contribution in [0, 0.1) is 5.41 Å². The van der Waals surface area contributed by atoms with Gasteiger partial charge in [0.1, 0.15) is 0 Å². The monoisotopic (exact) mass is 145 g/mol. The third-order valence-corrected chi connectivity index (χ3v) is 1.69. The molecule has 0 spiro atoms. The van der Waals surface area contributed by atoms with E-state index in [1.54, 1.807) is 13.8 Å². The van der Waals surface area contributed by atoms with Crippen LogP contribution >= 0.6 is 0 Å². The van der Waals surface area contributed by atoms with Crippen molar-refractivity contribution < 1.29 is 5.11 Å². The van der Waals surface area contributed by atoms with E-state index in [-0.39, 0.29) is 11.5 Å². The van der Waals surface area contributed by atoms with Gasteiger partial charge < -0.3 is 10.8 Å². The van der Waals surface area contributed by atoms with E-state index in [2.05, 4.69) is 0 Å². The highest BCUT2D eigenvalue weighted by atomic mass is 16.3. The Morgan fingerprint density at radius 1 is 1.10 bits per heavy atom. The summed E-state index contributed by atoms with van der Waals surface area (Å²) in [6, 6.07) is -0.181. The molecule has 0 aromatic heterocycles. The van der Waals surface area contributed by atoms with E-state index in [1.807, 2.05) is 20.8 Å². The quantitative estimate of drug-likeness (QED) is 0.581. The maximum atomic E-state index is 9.50. The van der Waals surface area contributed by atoms with Crippen LogP contribution in [0.2, 0.25) is 0 Å². The average Bonchev–Trinajstić information content (AvgIpc) is 1.59. The van der Waals surface area contributed by atoms with Crippen molar-refractivity contribution in [3.05, 3.63) is 0 Å². The molecule has 2 nitrogen and oxygen atoms in total. The van der Waals surface area contributed by atoms with Gasteiger partial charge in [-0.15, -0.1) is 0 Å². The summed E-state index contributed by atoms with van der Waals surface area (Å²) < 4.78 is 0. The first kappa shape index (κ1) is 9.92. The summed E-state index contributed by atoms with van der Waals surface area (Å²) in [5, 5.41) is 9.50. The van der Waals surface area contributed by atoms with E-state index in [9.17, 15) is 5.11 Å². The molecule has 1 atom stereocenters. The molecule has 1 unspecified atom stereocenters. The normalized spacial score (nSPS) is 17.1. The summed E-state index contributed by atoms with van der Waals surface area (Å²) in [6.45, 7) is 9.55. The van der Waals surface area contributed by atoms with Crippen molar-refractivity contribution in [3.63, 3.8) is 0 Å². The minimum atomic E-state index is -0.780. The van der Waals surface area contributed by atoms with E-state index < -0.39 is 5.60 Å². The van der Waals surface area contributed by atoms with Crippen LogP contribution in [-0.2, 0) is 0 Å². The van der Waals surface area contributed by atoms with Crippen LogP contribution < -0.4 is 5.73 Å². The molecule has 0 aromatic rings. The summed E-state index contributed by atoms with van der Waals surface area (Å²) >= 11 is 0. The zero-order valence-corrected chi connectivity index (χ0v) is 7.60. The van der Waals surface area contributed by atoms with E-state index in [0.717, 1.165) is 0 Å². The lowest BCUT2D eigenvalue weighted by molar-refractivity contribution is 0.0124. The van der Waals surface area contributed by atoms with Crippen LogP contribution in [0.5, 0.6) is 0 Å². The second-order valence-corrected chi connectivity index (χ2v) is 4.50. The predicted molar refractivity (Wildman–Crippen MR) is 43.7 cm³/mol. The molecule has 0 heterocycles. The van der Waals surface area contributed by atoms with Gasteiger partial charge in [0, 0.05) is 6.04 Å². The third-order valence-electron chi connectivity index (χ3n) is 1.69. The van der Waals surface area contributed by atoms with Crippen molar-refractivity contribution in [2.75, 3.05) is 0 Å². The number of rotatable bonds is 1. The summed E-state index contributed by atoms with van der Waals surface area (Å²) in [4.78, 5) is 0. The maximum absolute atomic E-state index is 9.50. The fraction of sp³-hybridized carbons (Fsp3) is 1.00. The molecule has 2 heteroatoms. The Morgan fingerprint density at radius 3 is 1.40 bits per heavy atom. The third kappa shape index (κ3) is 2.67. The van der Waals surface area contributed by atoms with Crippen molar-refractivity contribution in [2.24, 2.45) is 11.1 Å². The summed E-state index contributed by atoms with van der Waals surface area (Å²) in [5.41, 5.74) is 4.97. The fourth-order valence-corrected chi connectivity index (χ4v) is 1.06. The van der Waals surface area contributed by atoms with Gasteiger partial charge in [0.15, 0.2) is 0 Å². The molecule has 3 N–H and O–H groups in total. The lowest BCUT2D eigenvalue weighted by Gasteiger charge is -2.36. The van der Waals surface area contributed by atoms with Gasteiger partial charge in [-0.05, 0) is 19.3 Å². The summed E-state index contributed by atoms with van der Waals surface area (Å²) in [7, 11) is 0. The first-order valence-electron chi connectivity index (χ1n) is 3.63. The highest BCUT2D eigenvalue weighted by Crippen LogP contribution is 2.25. The highest BCUT2D eigenvalue weighted by molar-refractivity contribution is 4.89. The van der Waals surface area contributed by atoms with E-state index in [1.165, 1.54) is 0 Å². The smallest absolute Gasteiger partial charge is 0.0747 e. The zero-order chi connectivity index (χ0) is 8.58. The van der Waals surface area contributed by atoms with Gasteiger partial charge in [0.2, 0.25) is 0 Å². The number of aliphatic hydroxyl groups is 1. The Bertz CT molecular complexity index is 93.4. The molecular weight excluding hydrogens is 126 g/mol. The molecule has 10 heavy (non-hydrogen) atoms. The Kier molecular flexibility index (Phi) is 2.49. The van der Waals surface area contributed by atoms with Gasteiger partial charge in [-0.25, -0.2) is 0 Å². The Hall–Kier alpha value is -0.0800. The SMILES string of the molecule is CC(C)(C)C(N)C(C)(C)O. The molecule has 0 fully saturated rings. The van der Waals surface area contributed by atoms with Gasteiger partial charge in [-0.2, -0.15) is 0 Å². The van der Waals surface area contributed by atoms with Gasteiger partial charge >= 0.3 is 0 Å². The highest BCUT2D eigenvalue weighted by Gasteiger charge is 2.32. The minimum Gasteiger partial charge on any atom is -0.389 e. The predicted octanol–water partition coefficient (Wildman–Crippen LogP) is 1.13. The Balaban J connectivity index is 4.23. The van der Waals surface area contributed by atoms with Gasteiger partial charge in [0.05, 0.1) is 5.60 Å². The van der Waals surface area contributed by atoms with Crippen molar-refractivity contribution in [2.45, 2.75) is 46.3 Å². The molecular formula is C8H19NO. The van der Waals surface area contributed by atoms with E-state index in [0.29, 0.717) is 0 Å². The first-order valence-corrected chi connectivity index (χ1v) is 3.63. The molecule has 0 aliphatic rings. The van der Waals surface area contributed by atoms with Crippen molar-refractivity contribution >= 4 is 0 Å². The molecule has 0 aromatic carbocycles. The molecule has 0 aliphatic carbocycles. The molecule has 0 aliphatic heterocycles.